The summed E-state index contributed by atoms with van der Waals surface area (Å²) in [4.78, 5) is 0. The third-order valence-electron chi connectivity index (χ3n) is 2.34. The smallest absolute Gasteiger partial charge is 0.211 e. The molecule has 0 heterocycles. The first-order valence-corrected chi connectivity index (χ1v) is 6.30. The van der Waals surface area contributed by atoms with Crippen molar-refractivity contribution in [2.24, 2.45) is 5.14 Å². The molecule has 1 rings (SSSR count). The van der Waals surface area contributed by atoms with Gasteiger partial charge in [-0.25, -0.2) is 13.6 Å². The second-order valence-electron chi connectivity index (χ2n) is 3.60. The molecule has 3 N–H and O–H groups in total. The average molecular weight is 229 g/mol. The highest BCUT2D eigenvalue weighted by atomic mass is 32.2. The summed E-state index contributed by atoms with van der Waals surface area (Å²) in [7, 11) is -3.43. The summed E-state index contributed by atoms with van der Waals surface area (Å²) in [5, 5.41) is 13.5. The number of sulfonamides is 1. The molecule has 0 fully saturated rings. The maximum Gasteiger partial charge on any atom is 0.211 e. The Labute approximate surface area is 89.8 Å². The number of aryl methyl sites for hydroxylation is 1. The van der Waals surface area contributed by atoms with Crippen LogP contribution in [0.15, 0.2) is 24.3 Å². The van der Waals surface area contributed by atoms with E-state index in [1.807, 2.05) is 0 Å². The van der Waals surface area contributed by atoms with Crippen LogP contribution >= 0.6 is 0 Å². The fourth-order valence-corrected chi connectivity index (χ4v) is 1.64. The van der Waals surface area contributed by atoms with E-state index in [0.717, 1.165) is 5.56 Å². The van der Waals surface area contributed by atoms with Gasteiger partial charge in [0.2, 0.25) is 10.0 Å². The molecule has 1 unspecified atom stereocenters. The quantitative estimate of drug-likeness (QED) is 0.808. The molecular formula is C10H15NO3S. The normalized spacial score (nSPS) is 13.7. The van der Waals surface area contributed by atoms with Crippen molar-refractivity contribution < 1.29 is 13.5 Å². The average Bonchev–Trinajstić information content (AvgIpc) is 2.15. The van der Waals surface area contributed by atoms with E-state index in [-0.39, 0.29) is 5.75 Å². The standard InChI is InChI=1S/C10H15NO3S/c1-8(15(11,13)14)2-3-9-4-6-10(12)7-5-9/h4-8,12H,2-3H2,1H3,(H2,11,13,14). The van der Waals surface area contributed by atoms with E-state index in [4.69, 9.17) is 10.2 Å². The Kier molecular flexibility index (Phi) is 3.71. The molecule has 0 radical (unpaired) electrons. The van der Waals surface area contributed by atoms with Crippen LogP contribution in [-0.2, 0) is 16.4 Å². The molecule has 0 aromatic heterocycles. The van der Waals surface area contributed by atoms with Gasteiger partial charge >= 0.3 is 0 Å². The van der Waals surface area contributed by atoms with Crippen molar-refractivity contribution in [3.05, 3.63) is 29.8 Å². The second kappa shape index (κ2) is 4.63. The zero-order chi connectivity index (χ0) is 11.5. The summed E-state index contributed by atoms with van der Waals surface area (Å²) < 4.78 is 21.9. The Hall–Kier alpha value is -1.07. The number of aromatic hydroxyl groups is 1. The van der Waals surface area contributed by atoms with Crippen molar-refractivity contribution in [1.29, 1.82) is 0 Å². The van der Waals surface area contributed by atoms with Crippen LogP contribution in [-0.4, -0.2) is 18.8 Å². The summed E-state index contributed by atoms with van der Waals surface area (Å²) >= 11 is 0. The van der Waals surface area contributed by atoms with E-state index in [1.54, 1.807) is 31.2 Å². The molecule has 1 aromatic rings. The molecule has 15 heavy (non-hydrogen) atoms. The SMILES string of the molecule is CC(CCc1ccc(O)cc1)S(N)(=O)=O. The van der Waals surface area contributed by atoms with Gasteiger partial charge in [0.05, 0.1) is 5.25 Å². The highest BCUT2D eigenvalue weighted by Gasteiger charge is 2.14. The zero-order valence-electron chi connectivity index (χ0n) is 8.55. The van der Waals surface area contributed by atoms with E-state index in [9.17, 15) is 8.42 Å². The maximum absolute atomic E-state index is 10.9. The highest BCUT2D eigenvalue weighted by Crippen LogP contribution is 2.13. The Balaban J connectivity index is 2.55. The van der Waals surface area contributed by atoms with Gasteiger partial charge in [-0.3, -0.25) is 0 Å². The fraction of sp³-hybridized carbons (Fsp3) is 0.400. The predicted molar refractivity (Wildman–Crippen MR) is 59.0 cm³/mol. The minimum atomic E-state index is -3.43. The summed E-state index contributed by atoms with van der Waals surface area (Å²) in [6.45, 7) is 1.59. The first kappa shape index (κ1) is 12.0. The van der Waals surface area contributed by atoms with Crippen molar-refractivity contribution in [2.45, 2.75) is 25.0 Å². The summed E-state index contributed by atoms with van der Waals surface area (Å²) in [5.41, 5.74) is 0.989. The number of phenols is 1. The first-order chi connectivity index (χ1) is 6.89. The van der Waals surface area contributed by atoms with Gasteiger partial charge in [-0.1, -0.05) is 12.1 Å². The van der Waals surface area contributed by atoms with Gasteiger partial charge in [0.15, 0.2) is 0 Å². The van der Waals surface area contributed by atoms with Gasteiger partial charge in [-0.05, 0) is 37.5 Å². The third kappa shape index (κ3) is 3.89. The second-order valence-corrected chi connectivity index (χ2v) is 5.59. The van der Waals surface area contributed by atoms with Crippen LogP contribution in [0.1, 0.15) is 18.9 Å². The molecule has 84 valence electrons. The van der Waals surface area contributed by atoms with Gasteiger partial charge in [-0.2, -0.15) is 0 Å². The number of hydrogen-bond donors (Lipinski definition) is 2. The molecule has 0 aliphatic rings. The van der Waals surface area contributed by atoms with Gasteiger partial charge in [0, 0.05) is 0 Å². The van der Waals surface area contributed by atoms with Crippen LogP contribution < -0.4 is 5.14 Å². The Morgan fingerprint density at radius 3 is 2.33 bits per heavy atom. The molecule has 0 aliphatic heterocycles. The van der Waals surface area contributed by atoms with Gasteiger partial charge in [-0.15, -0.1) is 0 Å². The van der Waals surface area contributed by atoms with Crippen LogP contribution in [0.25, 0.3) is 0 Å². The zero-order valence-corrected chi connectivity index (χ0v) is 9.37. The number of rotatable bonds is 4. The molecule has 0 aliphatic carbocycles. The van der Waals surface area contributed by atoms with Gasteiger partial charge in [0.1, 0.15) is 5.75 Å². The highest BCUT2D eigenvalue weighted by molar-refractivity contribution is 7.89. The van der Waals surface area contributed by atoms with Crippen molar-refractivity contribution in [2.75, 3.05) is 0 Å². The molecule has 0 saturated heterocycles. The van der Waals surface area contributed by atoms with Gasteiger partial charge in [0.25, 0.3) is 0 Å². The lowest BCUT2D eigenvalue weighted by molar-refractivity contribution is 0.475. The largest absolute Gasteiger partial charge is 0.508 e. The molecule has 1 aromatic carbocycles. The molecule has 1 atom stereocenters. The lowest BCUT2D eigenvalue weighted by Gasteiger charge is -2.08. The van der Waals surface area contributed by atoms with E-state index >= 15 is 0 Å². The number of nitrogens with two attached hydrogens (primary N) is 1. The molecule has 5 heteroatoms. The Bertz CT molecular complexity index is 411. The van der Waals surface area contributed by atoms with Crippen molar-refractivity contribution >= 4 is 10.0 Å². The third-order valence-corrected chi connectivity index (χ3v) is 3.69. The van der Waals surface area contributed by atoms with Crippen LogP contribution in [0, 0.1) is 0 Å². The van der Waals surface area contributed by atoms with Crippen molar-refractivity contribution in [3.63, 3.8) is 0 Å². The lowest BCUT2D eigenvalue weighted by atomic mass is 10.1. The number of primary sulfonamides is 1. The molecule has 0 saturated carbocycles. The lowest BCUT2D eigenvalue weighted by Crippen LogP contribution is -2.26. The monoisotopic (exact) mass is 229 g/mol. The fourth-order valence-electron chi connectivity index (χ4n) is 1.20. The van der Waals surface area contributed by atoms with Crippen LogP contribution in [0.5, 0.6) is 5.75 Å². The van der Waals surface area contributed by atoms with E-state index < -0.39 is 15.3 Å². The topological polar surface area (TPSA) is 80.4 Å². The maximum atomic E-state index is 10.9. The molecule has 0 bridgehead atoms. The summed E-state index contributed by atoms with van der Waals surface area (Å²) in [5.74, 6) is 0.207. The van der Waals surface area contributed by atoms with Crippen LogP contribution in [0.3, 0.4) is 0 Å². The molecule has 0 spiro atoms. The van der Waals surface area contributed by atoms with Gasteiger partial charge < -0.3 is 5.11 Å². The number of hydrogen-bond acceptors (Lipinski definition) is 3. The number of phenolic OH excluding ortho intramolecular Hbond substituents is 1. The Morgan fingerprint density at radius 1 is 1.33 bits per heavy atom. The number of benzene rings is 1. The van der Waals surface area contributed by atoms with E-state index in [1.165, 1.54) is 0 Å². The van der Waals surface area contributed by atoms with Crippen LogP contribution in [0.4, 0.5) is 0 Å². The van der Waals surface area contributed by atoms with Crippen molar-refractivity contribution in [1.82, 2.24) is 0 Å². The van der Waals surface area contributed by atoms with E-state index in [0.29, 0.717) is 12.8 Å². The van der Waals surface area contributed by atoms with E-state index in [2.05, 4.69) is 0 Å². The molecule has 0 amide bonds. The molecule has 4 nitrogen and oxygen atoms in total. The van der Waals surface area contributed by atoms with Crippen molar-refractivity contribution in [3.8, 4) is 5.75 Å². The first-order valence-electron chi connectivity index (χ1n) is 4.69. The minimum Gasteiger partial charge on any atom is -0.508 e. The van der Waals surface area contributed by atoms with Crippen LogP contribution in [0.2, 0.25) is 0 Å². The predicted octanol–water partition coefficient (Wildman–Crippen LogP) is 1.00. The summed E-state index contributed by atoms with van der Waals surface area (Å²) in [6, 6.07) is 6.70. The summed E-state index contributed by atoms with van der Waals surface area (Å²) in [6.07, 6.45) is 1.13. The Morgan fingerprint density at radius 2 is 1.87 bits per heavy atom. The minimum absolute atomic E-state index is 0.207. The molecular weight excluding hydrogens is 214 g/mol.